The normalized spacial score (nSPS) is 15.8. The fourth-order valence-corrected chi connectivity index (χ4v) is 3.74. The quantitative estimate of drug-likeness (QED) is 0.684. The molecule has 5 nitrogen and oxygen atoms in total. The molecule has 1 aliphatic rings. The van der Waals surface area contributed by atoms with Gasteiger partial charge in [0.05, 0.1) is 19.6 Å². The van der Waals surface area contributed by atoms with Crippen molar-refractivity contribution in [1.82, 2.24) is 5.32 Å². The average Bonchev–Trinajstić information content (AvgIpc) is 3.14. The van der Waals surface area contributed by atoms with Crippen LogP contribution in [0.4, 0.5) is 5.69 Å². The Morgan fingerprint density at radius 2 is 1.73 bits per heavy atom. The predicted octanol–water partition coefficient (Wildman–Crippen LogP) is 3.83. The van der Waals surface area contributed by atoms with E-state index in [9.17, 15) is 9.59 Å². The maximum atomic E-state index is 12.5. The Hall–Kier alpha value is -3.60. The molecule has 1 heterocycles. The first-order valence-corrected chi connectivity index (χ1v) is 10.0. The second-order valence-corrected chi connectivity index (χ2v) is 7.41. The van der Waals surface area contributed by atoms with Gasteiger partial charge < -0.3 is 15.0 Å². The first kappa shape index (κ1) is 19.7. The summed E-state index contributed by atoms with van der Waals surface area (Å²) in [7, 11) is 1.60. The monoisotopic (exact) mass is 400 g/mol. The van der Waals surface area contributed by atoms with E-state index in [2.05, 4.69) is 17.4 Å². The largest absolute Gasteiger partial charge is 0.497 e. The van der Waals surface area contributed by atoms with Gasteiger partial charge in [-0.25, -0.2) is 0 Å². The van der Waals surface area contributed by atoms with E-state index >= 15 is 0 Å². The summed E-state index contributed by atoms with van der Waals surface area (Å²) in [5.74, 6) is 0.625. The number of nitrogens with one attached hydrogen (secondary N) is 1. The van der Waals surface area contributed by atoms with E-state index in [0.29, 0.717) is 25.1 Å². The molecule has 30 heavy (non-hydrogen) atoms. The summed E-state index contributed by atoms with van der Waals surface area (Å²) < 4.78 is 5.24. The zero-order valence-electron chi connectivity index (χ0n) is 16.9. The Morgan fingerprint density at radius 3 is 2.47 bits per heavy atom. The van der Waals surface area contributed by atoms with Crippen molar-refractivity contribution in [2.45, 2.75) is 18.9 Å². The molecule has 2 amide bonds. The lowest BCUT2D eigenvalue weighted by molar-refractivity contribution is -0.121. The Bertz CT molecular complexity index is 1030. The topological polar surface area (TPSA) is 58.6 Å². The number of ether oxygens (including phenoxy) is 1. The van der Waals surface area contributed by atoms with Gasteiger partial charge in [-0.15, -0.1) is 0 Å². The summed E-state index contributed by atoms with van der Waals surface area (Å²) in [6.07, 6.45) is 0.592. The Kier molecular flexibility index (Phi) is 5.80. The van der Waals surface area contributed by atoms with Gasteiger partial charge in [0.25, 0.3) is 0 Å². The molecule has 1 saturated heterocycles. The SMILES string of the molecule is COc1cccc(N2CC(NC(=O)Cc3ccc(-c4ccccc4)cc3)CC2=O)c1. The minimum Gasteiger partial charge on any atom is -0.497 e. The van der Waals surface area contributed by atoms with E-state index in [-0.39, 0.29) is 17.9 Å². The van der Waals surface area contributed by atoms with Crippen LogP contribution >= 0.6 is 0 Å². The zero-order valence-corrected chi connectivity index (χ0v) is 16.9. The fourth-order valence-electron chi connectivity index (χ4n) is 3.74. The summed E-state index contributed by atoms with van der Waals surface area (Å²) in [6.45, 7) is 0.463. The molecule has 1 fully saturated rings. The highest BCUT2D eigenvalue weighted by Gasteiger charge is 2.31. The Balaban J connectivity index is 1.35. The molecule has 1 unspecified atom stereocenters. The number of hydrogen-bond acceptors (Lipinski definition) is 3. The summed E-state index contributed by atoms with van der Waals surface area (Å²) in [4.78, 5) is 26.6. The van der Waals surface area contributed by atoms with Crippen molar-refractivity contribution < 1.29 is 14.3 Å². The summed E-state index contributed by atoms with van der Waals surface area (Å²) >= 11 is 0. The summed E-state index contributed by atoms with van der Waals surface area (Å²) in [5, 5.41) is 3.00. The van der Waals surface area contributed by atoms with E-state index in [1.165, 1.54) is 0 Å². The second kappa shape index (κ2) is 8.82. The standard InChI is InChI=1S/C25H24N2O3/c1-30-23-9-5-8-22(16-23)27-17-21(15-25(27)29)26-24(28)14-18-10-12-20(13-11-18)19-6-3-2-4-7-19/h2-13,16,21H,14-15,17H2,1H3,(H,26,28). The van der Waals surface area contributed by atoms with Gasteiger partial charge in [0.1, 0.15) is 5.75 Å². The molecule has 1 atom stereocenters. The van der Waals surface area contributed by atoms with Gasteiger partial charge in [0.2, 0.25) is 11.8 Å². The van der Waals surface area contributed by atoms with Gasteiger partial charge in [-0.05, 0) is 28.8 Å². The van der Waals surface area contributed by atoms with Crippen LogP contribution in [-0.4, -0.2) is 31.5 Å². The van der Waals surface area contributed by atoms with Crippen LogP contribution in [0.15, 0.2) is 78.9 Å². The molecule has 4 rings (SSSR count). The van der Waals surface area contributed by atoms with Gasteiger partial charge in [-0.2, -0.15) is 0 Å². The molecular weight excluding hydrogens is 376 g/mol. The van der Waals surface area contributed by atoms with Crippen molar-refractivity contribution in [2.24, 2.45) is 0 Å². The van der Waals surface area contributed by atoms with Crippen LogP contribution in [0.3, 0.4) is 0 Å². The fraction of sp³-hybridized carbons (Fsp3) is 0.200. The third kappa shape index (κ3) is 4.51. The number of benzene rings is 3. The number of nitrogens with zero attached hydrogens (tertiary/aromatic N) is 1. The number of anilines is 1. The summed E-state index contributed by atoms with van der Waals surface area (Å²) in [5.41, 5.74) is 4.00. The maximum absolute atomic E-state index is 12.5. The van der Waals surface area contributed by atoms with Crippen molar-refractivity contribution in [2.75, 3.05) is 18.6 Å². The van der Waals surface area contributed by atoms with Crippen molar-refractivity contribution in [3.05, 3.63) is 84.4 Å². The molecule has 3 aromatic rings. The number of amides is 2. The first-order chi connectivity index (χ1) is 14.6. The third-order valence-electron chi connectivity index (χ3n) is 5.28. The average molecular weight is 400 g/mol. The first-order valence-electron chi connectivity index (χ1n) is 10.0. The van der Waals surface area contributed by atoms with Crippen LogP contribution in [0.5, 0.6) is 5.75 Å². The number of rotatable bonds is 6. The van der Waals surface area contributed by atoms with Crippen LogP contribution in [0.2, 0.25) is 0 Å². The van der Waals surface area contributed by atoms with Crippen molar-refractivity contribution >= 4 is 17.5 Å². The van der Waals surface area contributed by atoms with E-state index in [1.807, 2.05) is 66.7 Å². The van der Waals surface area contributed by atoms with E-state index in [4.69, 9.17) is 4.74 Å². The lowest BCUT2D eigenvalue weighted by Gasteiger charge is -2.18. The van der Waals surface area contributed by atoms with Gasteiger partial charge >= 0.3 is 0 Å². The number of methoxy groups -OCH3 is 1. The minimum absolute atomic E-state index is 0.000710. The predicted molar refractivity (Wildman–Crippen MR) is 117 cm³/mol. The van der Waals surface area contributed by atoms with Crippen molar-refractivity contribution in [3.8, 4) is 16.9 Å². The van der Waals surface area contributed by atoms with E-state index in [0.717, 1.165) is 22.4 Å². The van der Waals surface area contributed by atoms with E-state index in [1.54, 1.807) is 12.0 Å². The molecule has 1 aliphatic heterocycles. The molecule has 0 aliphatic carbocycles. The molecule has 0 bridgehead atoms. The highest BCUT2D eigenvalue weighted by molar-refractivity contribution is 5.97. The minimum atomic E-state index is -0.195. The summed E-state index contributed by atoms with van der Waals surface area (Å²) in [6, 6.07) is 25.3. The molecule has 152 valence electrons. The molecule has 0 saturated carbocycles. The van der Waals surface area contributed by atoms with Crippen molar-refractivity contribution in [1.29, 1.82) is 0 Å². The van der Waals surface area contributed by atoms with Crippen LogP contribution in [0.1, 0.15) is 12.0 Å². The van der Waals surface area contributed by atoms with Crippen molar-refractivity contribution in [3.63, 3.8) is 0 Å². The molecule has 0 aromatic heterocycles. The van der Waals surface area contributed by atoms with Gasteiger partial charge in [-0.1, -0.05) is 60.7 Å². The molecule has 3 aromatic carbocycles. The maximum Gasteiger partial charge on any atom is 0.229 e. The number of carbonyl (C=O) groups excluding carboxylic acids is 2. The van der Waals surface area contributed by atoms with Gasteiger partial charge in [0.15, 0.2) is 0 Å². The molecule has 0 radical (unpaired) electrons. The van der Waals surface area contributed by atoms with E-state index < -0.39 is 0 Å². The number of carbonyl (C=O) groups is 2. The molecule has 0 spiro atoms. The van der Waals surface area contributed by atoms with Crippen LogP contribution in [0, 0.1) is 0 Å². The lowest BCUT2D eigenvalue weighted by atomic mass is 10.0. The van der Waals surface area contributed by atoms with Crippen LogP contribution < -0.4 is 15.0 Å². The molecule has 1 N–H and O–H groups in total. The zero-order chi connectivity index (χ0) is 20.9. The lowest BCUT2D eigenvalue weighted by Crippen LogP contribution is -2.38. The highest BCUT2D eigenvalue weighted by atomic mass is 16.5. The second-order valence-electron chi connectivity index (χ2n) is 7.41. The Morgan fingerprint density at radius 1 is 1.00 bits per heavy atom. The third-order valence-corrected chi connectivity index (χ3v) is 5.28. The smallest absolute Gasteiger partial charge is 0.229 e. The van der Waals surface area contributed by atoms with Gasteiger partial charge in [0, 0.05) is 24.7 Å². The van der Waals surface area contributed by atoms with Crippen LogP contribution in [-0.2, 0) is 16.0 Å². The number of hydrogen-bond donors (Lipinski definition) is 1. The van der Waals surface area contributed by atoms with Gasteiger partial charge in [-0.3, -0.25) is 9.59 Å². The highest BCUT2D eigenvalue weighted by Crippen LogP contribution is 2.25. The van der Waals surface area contributed by atoms with Crippen LogP contribution in [0.25, 0.3) is 11.1 Å². The molecule has 5 heteroatoms. The molecular formula is C25H24N2O3. The Labute approximate surface area is 176 Å².